The fourth-order valence-corrected chi connectivity index (χ4v) is 3.98. The van der Waals surface area contributed by atoms with Crippen LogP contribution in [0.5, 0.6) is 5.75 Å². The second-order valence-corrected chi connectivity index (χ2v) is 7.25. The highest BCUT2D eigenvalue weighted by molar-refractivity contribution is 8.03. The van der Waals surface area contributed by atoms with Gasteiger partial charge in [-0.1, -0.05) is 18.2 Å². The summed E-state index contributed by atoms with van der Waals surface area (Å²) in [6.07, 6.45) is 3.30. The fourth-order valence-electron chi connectivity index (χ4n) is 3.15. The Kier molecular flexibility index (Phi) is 6.47. The molecule has 1 aliphatic rings. The van der Waals surface area contributed by atoms with Gasteiger partial charge in [0.05, 0.1) is 47.2 Å². The normalized spacial score (nSPS) is 16.1. The summed E-state index contributed by atoms with van der Waals surface area (Å²) in [5.41, 5.74) is 2.06. The molecule has 3 rings (SSSR count). The summed E-state index contributed by atoms with van der Waals surface area (Å²) in [4.78, 5) is 13.3. The summed E-state index contributed by atoms with van der Waals surface area (Å²) in [7, 11) is 1.54. The molecule has 1 atom stereocenters. The van der Waals surface area contributed by atoms with Gasteiger partial charge < -0.3 is 19.8 Å². The number of methoxy groups -OCH3 is 1. The van der Waals surface area contributed by atoms with E-state index in [2.05, 4.69) is 23.3 Å². The monoisotopic (exact) mass is 407 g/mol. The van der Waals surface area contributed by atoms with Crippen LogP contribution in [0.15, 0.2) is 81.6 Å². The number of ether oxygens (including phenoxy) is 1. The van der Waals surface area contributed by atoms with Crippen molar-refractivity contribution in [2.45, 2.75) is 12.8 Å². The number of carbonyl (C=O) groups excluding carboxylic acids is 1. The number of para-hydroxylation sites is 2. The summed E-state index contributed by atoms with van der Waals surface area (Å²) in [6.45, 7) is 5.54. The van der Waals surface area contributed by atoms with Crippen molar-refractivity contribution in [1.29, 1.82) is 5.26 Å². The number of thioether (sulfide) groups is 1. The van der Waals surface area contributed by atoms with Gasteiger partial charge in [-0.15, -0.1) is 18.3 Å². The summed E-state index contributed by atoms with van der Waals surface area (Å²) in [5.74, 6) is 0.772. The minimum absolute atomic E-state index is 0.332. The Balaban J connectivity index is 2.03. The van der Waals surface area contributed by atoms with Crippen LogP contribution in [-0.4, -0.2) is 18.8 Å². The molecule has 0 spiro atoms. The van der Waals surface area contributed by atoms with E-state index in [9.17, 15) is 10.1 Å². The number of nitrogens with one attached hydrogen (secondary N) is 2. The molecule has 1 aliphatic heterocycles. The molecule has 1 unspecified atom stereocenters. The smallest absolute Gasteiger partial charge is 0.254 e. The predicted octanol–water partition coefficient (Wildman–Crippen LogP) is 4.54. The number of nitriles is 1. The fraction of sp³-hybridized carbons (Fsp3) is 0.182. The van der Waals surface area contributed by atoms with E-state index < -0.39 is 5.92 Å². The molecule has 0 fully saturated rings. The zero-order chi connectivity index (χ0) is 20.8. The SMILES string of the molecule is C=CCSC1=C(C#N)C(c2ccco2)C(C(=O)Nc2ccccc2OC)=C(C)N1. The molecule has 0 bridgehead atoms. The van der Waals surface area contributed by atoms with Crippen LogP contribution < -0.4 is 15.4 Å². The lowest BCUT2D eigenvalue weighted by atomic mass is 9.85. The number of anilines is 1. The minimum atomic E-state index is -0.613. The maximum Gasteiger partial charge on any atom is 0.254 e. The third-order valence-corrected chi connectivity index (χ3v) is 5.43. The molecule has 0 aliphatic carbocycles. The van der Waals surface area contributed by atoms with Crippen molar-refractivity contribution in [3.8, 4) is 11.8 Å². The summed E-state index contributed by atoms with van der Waals surface area (Å²) in [6, 6.07) is 12.9. The maximum absolute atomic E-state index is 13.3. The van der Waals surface area contributed by atoms with Crippen LogP contribution in [0.1, 0.15) is 18.6 Å². The summed E-state index contributed by atoms with van der Waals surface area (Å²) >= 11 is 1.46. The lowest BCUT2D eigenvalue weighted by Crippen LogP contribution is -2.30. The van der Waals surface area contributed by atoms with E-state index >= 15 is 0 Å². The molecule has 7 heteroatoms. The van der Waals surface area contributed by atoms with Crippen LogP contribution in [0.3, 0.4) is 0 Å². The Hall–Kier alpha value is -3.37. The van der Waals surface area contributed by atoms with Gasteiger partial charge in [0.1, 0.15) is 11.5 Å². The maximum atomic E-state index is 13.3. The largest absolute Gasteiger partial charge is 0.495 e. The Bertz CT molecular complexity index is 1020. The molecular weight excluding hydrogens is 386 g/mol. The molecule has 29 heavy (non-hydrogen) atoms. The minimum Gasteiger partial charge on any atom is -0.495 e. The van der Waals surface area contributed by atoms with Crippen molar-refractivity contribution in [2.75, 3.05) is 18.2 Å². The molecule has 148 valence electrons. The first-order valence-electron chi connectivity index (χ1n) is 8.94. The number of furan rings is 1. The van der Waals surface area contributed by atoms with Gasteiger partial charge in [-0.2, -0.15) is 5.26 Å². The van der Waals surface area contributed by atoms with Crippen LogP contribution in [-0.2, 0) is 4.79 Å². The average molecular weight is 407 g/mol. The molecule has 0 saturated heterocycles. The van der Waals surface area contributed by atoms with Crippen LogP contribution in [0.25, 0.3) is 0 Å². The second kappa shape index (κ2) is 9.22. The lowest BCUT2D eigenvalue weighted by Gasteiger charge is -2.28. The molecule has 1 aromatic carbocycles. The van der Waals surface area contributed by atoms with Gasteiger partial charge in [-0.25, -0.2) is 0 Å². The van der Waals surface area contributed by atoms with Crippen LogP contribution >= 0.6 is 11.8 Å². The highest BCUT2D eigenvalue weighted by atomic mass is 32.2. The average Bonchev–Trinajstić information content (AvgIpc) is 3.26. The first-order valence-corrected chi connectivity index (χ1v) is 9.92. The summed E-state index contributed by atoms with van der Waals surface area (Å²) in [5, 5.41) is 16.7. The van der Waals surface area contributed by atoms with E-state index in [0.29, 0.717) is 44.8 Å². The Morgan fingerprint density at radius 3 is 2.86 bits per heavy atom. The first kappa shape index (κ1) is 20.4. The molecule has 0 radical (unpaired) electrons. The molecule has 2 aromatic rings. The van der Waals surface area contributed by atoms with Crippen molar-refractivity contribution in [1.82, 2.24) is 5.32 Å². The molecular formula is C22H21N3O3S. The van der Waals surface area contributed by atoms with Gasteiger partial charge in [0, 0.05) is 11.4 Å². The number of hydrogen-bond donors (Lipinski definition) is 2. The van der Waals surface area contributed by atoms with Crippen molar-refractivity contribution in [3.05, 3.63) is 82.9 Å². The van der Waals surface area contributed by atoms with Crippen molar-refractivity contribution >= 4 is 23.4 Å². The van der Waals surface area contributed by atoms with Gasteiger partial charge in [0.25, 0.3) is 5.91 Å². The number of nitrogens with zero attached hydrogens (tertiary/aromatic N) is 1. The third kappa shape index (κ3) is 4.23. The number of rotatable bonds is 7. The highest BCUT2D eigenvalue weighted by Gasteiger charge is 2.36. The second-order valence-electron chi connectivity index (χ2n) is 6.22. The number of amides is 1. The number of benzene rings is 1. The number of allylic oxidation sites excluding steroid dienone is 2. The van der Waals surface area contributed by atoms with Crippen LogP contribution in [0, 0.1) is 11.3 Å². The van der Waals surface area contributed by atoms with E-state index in [1.54, 1.807) is 37.5 Å². The zero-order valence-corrected chi connectivity index (χ0v) is 17.0. The van der Waals surface area contributed by atoms with Crippen LogP contribution in [0.4, 0.5) is 5.69 Å². The Labute approximate surface area is 173 Å². The number of hydrogen-bond acceptors (Lipinski definition) is 6. The van der Waals surface area contributed by atoms with E-state index in [4.69, 9.17) is 9.15 Å². The standard InChI is InChI=1S/C22H21N3O3S/c1-4-12-29-22-15(13-23)20(18-10-7-11-28-18)19(14(2)24-22)21(26)25-16-8-5-6-9-17(16)27-3/h4-11,20,24H,1,12H2,2-3H3,(H,25,26). The Morgan fingerprint density at radius 2 is 2.21 bits per heavy atom. The molecule has 0 saturated carbocycles. The van der Waals surface area contributed by atoms with Crippen molar-refractivity contribution in [2.24, 2.45) is 0 Å². The van der Waals surface area contributed by atoms with Crippen molar-refractivity contribution in [3.63, 3.8) is 0 Å². The van der Waals surface area contributed by atoms with E-state index in [1.807, 2.05) is 19.1 Å². The number of dihydropyridines is 1. The first-order chi connectivity index (χ1) is 14.1. The Morgan fingerprint density at radius 1 is 1.41 bits per heavy atom. The van der Waals surface area contributed by atoms with E-state index in [-0.39, 0.29) is 5.91 Å². The molecule has 2 N–H and O–H groups in total. The quantitative estimate of drug-likeness (QED) is 0.655. The molecule has 6 nitrogen and oxygen atoms in total. The summed E-state index contributed by atoms with van der Waals surface area (Å²) < 4.78 is 10.9. The lowest BCUT2D eigenvalue weighted by molar-refractivity contribution is -0.113. The van der Waals surface area contributed by atoms with Gasteiger partial charge in [-0.3, -0.25) is 4.79 Å². The van der Waals surface area contributed by atoms with Gasteiger partial charge >= 0.3 is 0 Å². The van der Waals surface area contributed by atoms with Crippen molar-refractivity contribution < 1.29 is 13.9 Å². The molecule has 2 heterocycles. The molecule has 1 aromatic heterocycles. The highest BCUT2D eigenvalue weighted by Crippen LogP contribution is 2.41. The van der Waals surface area contributed by atoms with E-state index in [1.165, 1.54) is 18.0 Å². The van der Waals surface area contributed by atoms with Crippen LogP contribution in [0.2, 0.25) is 0 Å². The zero-order valence-electron chi connectivity index (χ0n) is 16.2. The van der Waals surface area contributed by atoms with Gasteiger partial charge in [0.2, 0.25) is 0 Å². The van der Waals surface area contributed by atoms with E-state index in [0.717, 1.165) is 0 Å². The third-order valence-electron chi connectivity index (χ3n) is 4.42. The van der Waals surface area contributed by atoms with Gasteiger partial charge in [0.15, 0.2) is 0 Å². The molecule has 1 amide bonds. The predicted molar refractivity (Wildman–Crippen MR) is 114 cm³/mol. The number of carbonyl (C=O) groups is 1. The van der Waals surface area contributed by atoms with Gasteiger partial charge in [-0.05, 0) is 31.2 Å². The topological polar surface area (TPSA) is 87.3 Å².